The lowest BCUT2D eigenvalue weighted by atomic mass is 10.2. The monoisotopic (exact) mass is 339 g/mol. The number of ether oxygens (including phenoxy) is 1. The van der Waals surface area contributed by atoms with E-state index in [1.807, 2.05) is 0 Å². The van der Waals surface area contributed by atoms with Crippen LogP contribution in [0, 0.1) is 0 Å². The van der Waals surface area contributed by atoms with Crippen molar-refractivity contribution >= 4 is 33.7 Å². The molecule has 0 aromatic rings. The summed E-state index contributed by atoms with van der Waals surface area (Å²) in [7, 11) is -2.99. The number of carboxylic acids is 1. The van der Waals surface area contributed by atoms with Gasteiger partial charge in [0, 0.05) is 11.0 Å². The molecule has 122 valence electrons. The maximum absolute atomic E-state index is 11.6. The Hall–Kier alpha value is -0.960. The zero-order valence-corrected chi connectivity index (χ0v) is 13.9. The van der Waals surface area contributed by atoms with Gasteiger partial charge in [0.2, 0.25) is 0 Å². The fourth-order valence-corrected chi connectivity index (χ4v) is 5.42. The van der Waals surface area contributed by atoms with E-state index in [0.29, 0.717) is 6.42 Å². The van der Waals surface area contributed by atoms with Crippen molar-refractivity contribution in [3.8, 4) is 0 Å². The predicted octanol–water partition coefficient (Wildman–Crippen LogP) is 0.885. The molecule has 0 aromatic carbocycles. The molecule has 1 fully saturated rings. The minimum Gasteiger partial charge on any atom is -0.480 e. The Morgan fingerprint density at radius 1 is 1.43 bits per heavy atom. The van der Waals surface area contributed by atoms with E-state index in [0.717, 1.165) is 0 Å². The van der Waals surface area contributed by atoms with Crippen molar-refractivity contribution in [3.05, 3.63) is 0 Å². The van der Waals surface area contributed by atoms with Crippen LogP contribution in [0.1, 0.15) is 27.2 Å². The van der Waals surface area contributed by atoms with E-state index in [1.54, 1.807) is 20.8 Å². The number of sulfone groups is 1. The number of aliphatic carboxylic acids is 1. The van der Waals surface area contributed by atoms with Gasteiger partial charge in [-0.2, -0.15) is 11.8 Å². The molecule has 0 saturated carbocycles. The van der Waals surface area contributed by atoms with Gasteiger partial charge in [-0.25, -0.2) is 18.0 Å². The molecule has 0 spiro atoms. The summed E-state index contributed by atoms with van der Waals surface area (Å²) in [5.74, 6) is -0.859. The van der Waals surface area contributed by atoms with Gasteiger partial charge in [-0.3, -0.25) is 0 Å². The van der Waals surface area contributed by atoms with Gasteiger partial charge < -0.3 is 15.2 Å². The van der Waals surface area contributed by atoms with E-state index in [4.69, 9.17) is 9.84 Å². The number of nitrogens with one attached hydrogen (secondary N) is 1. The smallest absolute Gasteiger partial charge is 0.408 e. The Morgan fingerprint density at radius 3 is 2.48 bits per heavy atom. The van der Waals surface area contributed by atoms with Crippen molar-refractivity contribution in [2.24, 2.45) is 0 Å². The van der Waals surface area contributed by atoms with Gasteiger partial charge in [0.05, 0.1) is 11.5 Å². The Balaban J connectivity index is 2.48. The highest BCUT2D eigenvalue weighted by Crippen LogP contribution is 2.24. The molecule has 0 aromatic heterocycles. The van der Waals surface area contributed by atoms with E-state index in [2.05, 4.69) is 5.32 Å². The zero-order valence-electron chi connectivity index (χ0n) is 12.3. The summed E-state index contributed by atoms with van der Waals surface area (Å²) in [5.41, 5.74) is -0.709. The third-order valence-electron chi connectivity index (χ3n) is 2.68. The minimum atomic E-state index is -2.99. The van der Waals surface area contributed by atoms with E-state index < -0.39 is 33.5 Å². The van der Waals surface area contributed by atoms with Crippen LogP contribution in [0.2, 0.25) is 0 Å². The van der Waals surface area contributed by atoms with Gasteiger partial charge in [0.1, 0.15) is 11.6 Å². The van der Waals surface area contributed by atoms with Gasteiger partial charge in [-0.1, -0.05) is 0 Å². The fraction of sp³-hybridized carbons (Fsp3) is 0.833. The number of thioether (sulfide) groups is 1. The molecule has 7 nitrogen and oxygen atoms in total. The predicted molar refractivity (Wildman–Crippen MR) is 80.3 cm³/mol. The Kier molecular flexibility index (Phi) is 5.92. The molecule has 21 heavy (non-hydrogen) atoms. The number of carbonyl (C=O) groups excluding carboxylic acids is 1. The molecule has 1 heterocycles. The summed E-state index contributed by atoms with van der Waals surface area (Å²) in [5, 5.41) is 11.3. The van der Waals surface area contributed by atoms with Crippen LogP contribution in [-0.4, -0.2) is 59.7 Å². The van der Waals surface area contributed by atoms with Gasteiger partial charge in [0.25, 0.3) is 0 Å². The molecule has 0 bridgehead atoms. The molecule has 2 unspecified atom stereocenters. The number of hydrogen-bond donors (Lipinski definition) is 2. The van der Waals surface area contributed by atoms with E-state index in [1.165, 1.54) is 11.8 Å². The molecule has 1 aliphatic rings. The van der Waals surface area contributed by atoms with Crippen molar-refractivity contribution in [3.63, 3.8) is 0 Å². The Bertz CT molecular complexity index is 496. The van der Waals surface area contributed by atoms with Crippen molar-refractivity contribution in [2.75, 3.05) is 17.3 Å². The number of carbonyl (C=O) groups is 2. The maximum Gasteiger partial charge on any atom is 0.408 e. The lowest BCUT2D eigenvalue weighted by molar-refractivity contribution is -0.138. The summed E-state index contributed by atoms with van der Waals surface area (Å²) >= 11 is 1.25. The molecule has 1 saturated heterocycles. The first-order chi connectivity index (χ1) is 9.48. The first-order valence-electron chi connectivity index (χ1n) is 6.53. The van der Waals surface area contributed by atoms with Gasteiger partial charge in [-0.05, 0) is 27.2 Å². The van der Waals surface area contributed by atoms with E-state index in [-0.39, 0.29) is 22.5 Å². The largest absolute Gasteiger partial charge is 0.480 e. The minimum absolute atomic E-state index is 0.0659. The summed E-state index contributed by atoms with van der Waals surface area (Å²) in [6.45, 7) is 5.04. The summed E-state index contributed by atoms with van der Waals surface area (Å²) in [6.07, 6.45) is -0.277. The lowest BCUT2D eigenvalue weighted by Gasteiger charge is -2.22. The lowest BCUT2D eigenvalue weighted by Crippen LogP contribution is -2.45. The van der Waals surface area contributed by atoms with Crippen LogP contribution in [0.25, 0.3) is 0 Å². The maximum atomic E-state index is 11.6. The average Bonchev–Trinajstić information content (AvgIpc) is 2.61. The number of alkyl carbamates (subject to hydrolysis) is 1. The molecule has 0 aliphatic carbocycles. The summed E-state index contributed by atoms with van der Waals surface area (Å²) in [6, 6.07) is -1.10. The summed E-state index contributed by atoms with van der Waals surface area (Å²) < 4.78 is 27.7. The first-order valence-corrected chi connectivity index (χ1v) is 9.40. The van der Waals surface area contributed by atoms with Gasteiger partial charge in [-0.15, -0.1) is 0 Å². The van der Waals surface area contributed by atoms with Crippen LogP contribution in [-0.2, 0) is 19.4 Å². The van der Waals surface area contributed by atoms with Gasteiger partial charge in [0.15, 0.2) is 9.84 Å². The van der Waals surface area contributed by atoms with Crippen molar-refractivity contribution in [2.45, 2.75) is 44.1 Å². The third kappa shape index (κ3) is 7.03. The van der Waals surface area contributed by atoms with Crippen molar-refractivity contribution in [1.82, 2.24) is 5.32 Å². The third-order valence-corrected chi connectivity index (χ3v) is 6.06. The molecule has 1 rings (SSSR count). The van der Waals surface area contributed by atoms with Crippen molar-refractivity contribution in [1.29, 1.82) is 0 Å². The first kappa shape index (κ1) is 18.1. The molecule has 2 atom stereocenters. The summed E-state index contributed by atoms with van der Waals surface area (Å²) in [4.78, 5) is 22.7. The Labute approximate surface area is 128 Å². The topological polar surface area (TPSA) is 110 Å². The number of amides is 1. The number of carboxylic acid groups (broad SMARTS) is 1. The zero-order chi connectivity index (χ0) is 16.3. The quantitative estimate of drug-likeness (QED) is 0.765. The standard InChI is InChI=1S/C12H21NO6S2/c1-12(2,3)19-11(16)13-9(10(14)15)6-20-8-4-5-21(17,18)7-8/h8-9H,4-7H2,1-3H3,(H,13,16)(H,14,15). The number of rotatable bonds is 5. The van der Waals surface area contributed by atoms with Crippen LogP contribution in [0.15, 0.2) is 0 Å². The van der Waals surface area contributed by atoms with Crippen LogP contribution in [0.4, 0.5) is 4.79 Å². The molecule has 1 amide bonds. The van der Waals surface area contributed by atoms with E-state index in [9.17, 15) is 18.0 Å². The Morgan fingerprint density at radius 2 is 2.05 bits per heavy atom. The fourth-order valence-electron chi connectivity index (χ4n) is 1.75. The second-order valence-electron chi connectivity index (χ2n) is 5.90. The second kappa shape index (κ2) is 6.87. The number of hydrogen-bond acceptors (Lipinski definition) is 6. The van der Waals surface area contributed by atoms with Crippen LogP contribution in [0.3, 0.4) is 0 Å². The molecule has 2 N–H and O–H groups in total. The van der Waals surface area contributed by atoms with Crippen LogP contribution >= 0.6 is 11.8 Å². The normalized spacial score (nSPS) is 22.5. The SMILES string of the molecule is CC(C)(C)OC(=O)NC(CSC1CCS(=O)(=O)C1)C(=O)O. The molecule has 1 aliphatic heterocycles. The molecule has 0 radical (unpaired) electrons. The second-order valence-corrected chi connectivity index (χ2v) is 9.46. The highest BCUT2D eigenvalue weighted by molar-refractivity contribution is 8.01. The van der Waals surface area contributed by atoms with Crippen LogP contribution in [0.5, 0.6) is 0 Å². The van der Waals surface area contributed by atoms with Crippen molar-refractivity contribution < 1.29 is 27.9 Å². The van der Waals surface area contributed by atoms with Gasteiger partial charge >= 0.3 is 12.1 Å². The molecular formula is C12H21NO6S2. The highest BCUT2D eigenvalue weighted by Gasteiger charge is 2.30. The van der Waals surface area contributed by atoms with Crippen LogP contribution < -0.4 is 5.32 Å². The molecule has 9 heteroatoms. The average molecular weight is 339 g/mol. The highest BCUT2D eigenvalue weighted by atomic mass is 32.2. The van der Waals surface area contributed by atoms with E-state index >= 15 is 0 Å². The molecular weight excluding hydrogens is 318 g/mol.